The van der Waals surface area contributed by atoms with E-state index in [2.05, 4.69) is 16.0 Å². The number of phenols is 1. The highest BCUT2D eigenvalue weighted by atomic mass is 16.4. The van der Waals surface area contributed by atoms with Gasteiger partial charge in [-0.2, -0.15) is 0 Å². The molecular formula is C28H37N5O7. The fraction of sp³-hybridized carbons (Fsp3) is 0.393. The Morgan fingerprint density at radius 1 is 0.775 bits per heavy atom. The van der Waals surface area contributed by atoms with Crippen LogP contribution in [-0.2, 0) is 36.8 Å². The van der Waals surface area contributed by atoms with Crippen molar-refractivity contribution in [3.8, 4) is 5.75 Å². The molecule has 0 aromatic heterocycles. The number of carboxylic acid groups (broad SMARTS) is 1. The summed E-state index contributed by atoms with van der Waals surface area (Å²) in [4.78, 5) is 62.5. The predicted octanol–water partition coefficient (Wildman–Crippen LogP) is -0.0348. The van der Waals surface area contributed by atoms with Crippen LogP contribution in [0.25, 0.3) is 0 Å². The Balaban J connectivity index is 2.34. The third-order valence-electron chi connectivity index (χ3n) is 6.50. The van der Waals surface area contributed by atoms with Crippen molar-refractivity contribution in [2.45, 2.75) is 63.7 Å². The van der Waals surface area contributed by atoms with Gasteiger partial charge in [0, 0.05) is 12.8 Å². The van der Waals surface area contributed by atoms with Gasteiger partial charge in [-0.25, -0.2) is 4.79 Å². The summed E-state index contributed by atoms with van der Waals surface area (Å²) in [6.07, 6.45) is 0.00790. The Kier molecular flexibility index (Phi) is 12.1. The topological polar surface area (TPSA) is 214 Å². The SMILES string of the molecule is CCC(C)C(N)C(=O)NC(Cc1ccccc1)C(=O)NC(Cc1ccc(O)cc1)C(=O)NC(CC(N)=O)C(=O)O. The number of carbonyl (C=O) groups excluding carboxylic acids is 4. The molecule has 5 unspecified atom stereocenters. The van der Waals surface area contributed by atoms with Crippen LogP contribution >= 0.6 is 0 Å². The van der Waals surface area contributed by atoms with Crippen molar-refractivity contribution in [2.75, 3.05) is 0 Å². The molecule has 4 amide bonds. The lowest BCUT2D eigenvalue weighted by molar-refractivity contribution is -0.143. The Morgan fingerprint density at radius 3 is 1.73 bits per heavy atom. The number of carbonyl (C=O) groups is 5. The van der Waals surface area contributed by atoms with Gasteiger partial charge in [-0.15, -0.1) is 0 Å². The quantitative estimate of drug-likeness (QED) is 0.158. The summed E-state index contributed by atoms with van der Waals surface area (Å²) in [7, 11) is 0. The maximum Gasteiger partial charge on any atom is 0.326 e. The number of aliphatic carboxylic acids is 1. The lowest BCUT2D eigenvalue weighted by Crippen LogP contribution is -2.58. The van der Waals surface area contributed by atoms with E-state index < -0.39 is 60.2 Å². The van der Waals surface area contributed by atoms with E-state index in [-0.39, 0.29) is 24.5 Å². The molecule has 2 aromatic rings. The van der Waals surface area contributed by atoms with Crippen LogP contribution in [0.1, 0.15) is 37.8 Å². The van der Waals surface area contributed by atoms with Gasteiger partial charge in [0.2, 0.25) is 23.6 Å². The van der Waals surface area contributed by atoms with Gasteiger partial charge in [0.25, 0.3) is 0 Å². The van der Waals surface area contributed by atoms with Crippen LogP contribution in [0.4, 0.5) is 0 Å². The first-order valence-electron chi connectivity index (χ1n) is 12.9. The minimum atomic E-state index is -1.61. The Labute approximate surface area is 232 Å². The van der Waals surface area contributed by atoms with Gasteiger partial charge in [0.15, 0.2) is 0 Å². The molecule has 0 saturated carbocycles. The van der Waals surface area contributed by atoms with Gasteiger partial charge in [-0.05, 0) is 29.2 Å². The average molecular weight is 556 g/mol. The summed E-state index contributed by atoms with van der Waals surface area (Å²) in [5.74, 6) is -4.68. The maximum atomic E-state index is 13.5. The zero-order valence-corrected chi connectivity index (χ0v) is 22.5. The average Bonchev–Trinajstić information content (AvgIpc) is 2.92. The van der Waals surface area contributed by atoms with E-state index in [1.807, 2.05) is 13.8 Å². The molecule has 5 atom stereocenters. The highest BCUT2D eigenvalue weighted by Gasteiger charge is 2.32. The number of primary amides is 1. The van der Waals surface area contributed by atoms with E-state index in [9.17, 15) is 34.2 Å². The summed E-state index contributed by atoms with van der Waals surface area (Å²) in [5.41, 5.74) is 12.5. The summed E-state index contributed by atoms with van der Waals surface area (Å²) in [6.45, 7) is 3.71. The van der Waals surface area contributed by atoms with E-state index in [1.54, 1.807) is 30.3 Å². The Bertz CT molecular complexity index is 1170. The fourth-order valence-corrected chi connectivity index (χ4v) is 3.86. The van der Waals surface area contributed by atoms with E-state index >= 15 is 0 Å². The molecule has 0 heterocycles. The summed E-state index contributed by atoms with van der Waals surface area (Å²) >= 11 is 0. The van der Waals surface area contributed by atoms with E-state index in [1.165, 1.54) is 24.3 Å². The molecule has 9 N–H and O–H groups in total. The van der Waals surface area contributed by atoms with Gasteiger partial charge in [0.1, 0.15) is 23.9 Å². The zero-order valence-electron chi connectivity index (χ0n) is 22.5. The molecule has 216 valence electrons. The first kappa shape index (κ1) is 31.8. The summed E-state index contributed by atoms with van der Waals surface area (Å²) < 4.78 is 0. The van der Waals surface area contributed by atoms with E-state index in [4.69, 9.17) is 11.5 Å². The van der Waals surface area contributed by atoms with Crippen molar-refractivity contribution in [1.82, 2.24) is 16.0 Å². The predicted molar refractivity (Wildman–Crippen MR) is 147 cm³/mol. The third-order valence-corrected chi connectivity index (χ3v) is 6.50. The van der Waals surface area contributed by atoms with Crippen LogP contribution in [0.15, 0.2) is 54.6 Å². The van der Waals surface area contributed by atoms with Gasteiger partial charge in [0.05, 0.1) is 12.5 Å². The normalized spacial score (nSPS) is 14.6. The number of nitrogens with one attached hydrogen (secondary N) is 3. The molecule has 0 radical (unpaired) electrons. The van der Waals surface area contributed by atoms with Crippen molar-refractivity contribution in [2.24, 2.45) is 17.4 Å². The van der Waals surface area contributed by atoms with Crippen LogP contribution in [0.3, 0.4) is 0 Å². The first-order valence-corrected chi connectivity index (χ1v) is 12.9. The Hall–Kier alpha value is -4.45. The highest BCUT2D eigenvalue weighted by Crippen LogP contribution is 2.13. The zero-order chi connectivity index (χ0) is 29.8. The fourth-order valence-electron chi connectivity index (χ4n) is 3.86. The number of carboxylic acids is 1. The first-order chi connectivity index (χ1) is 18.9. The number of phenolic OH excluding ortho intramolecular Hbond substituents is 1. The molecule has 2 aromatic carbocycles. The van der Waals surface area contributed by atoms with E-state index in [0.717, 1.165) is 5.56 Å². The third kappa shape index (κ3) is 10.0. The van der Waals surface area contributed by atoms with Crippen molar-refractivity contribution in [1.29, 1.82) is 0 Å². The van der Waals surface area contributed by atoms with Gasteiger partial charge in [-0.1, -0.05) is 62.7 Å². The number of rotatable bonds is 15. The molecule has 0 spiro atoms. The molecular weight excluding hydrogens is 518 g/mol. The standard InChI is InChI=1S/C28H37N5O7/c1-3-16(2)24(30)27(38)32-21(13-17-7-5-4-6-8-17)25(36)31-20(14-18-9-11-19(34)12-10-18)26(37)33-22(28(39)40)15-23(29)35/h4-12,16,20-22,24,34H,3,13-15,30H2,1-2H3,(H2,29,35)(H,31,36)(H,32,38)(H,33,37)(H,39,40). The molecule has 2 rings (SSSR count). The maximum absolute atomic E-state index is 13.5. The van der Waals surface area contributed by atoms with Crippen molar-refractivity contribution in [3.63, 3.8) is 0 Å². The van der Waals surface area contributed by atoms with Crippen molar-refractivity contribution >= 4 is 29.6 Å². The van der Waals surface area contributed by atoms with Gasteiger partial charge < -0.3 is 37.6 Å². The lowest BCUT2D eigenvalue weighted by Gasteiger charge is -2.26. The number of hydrogen-bond donors (Lipinski definition) is 7. The van der Waals surface area contributed by atoms with Crippen LogP contribution < -0.4 is 27.4 Å². The number of nitrogens with two attached hydrogens (primary N) is 2. The van der Waals surface area contributed by atoms with Gasteiger partial charge in [-0.3, -0.25) is 19.2 Å². The molecule has 0 aliphatic rings. The number of hydrogen-bond acceptors (Lipinski definition) is 7. The second-order valence-corrected chi connectivity index (χ2v) is 9.66. The molecule has 0 bridgehead atoms. The molecule has 0 fully saturated rings. The smallest absolute Gasteiger partial charge is 0.326 e. The lowest BCUT2D eigenvalue weighted by atomic mass is 9.98. The summed E-state index contributed by atoms with van der Waals surface area (Å²) in [5, 5.41) is 26.6. The minimum Gasteiger partial charge on any atom is -0.508 e. The van der Waals surface area contributed by atoms with Crippen molar-refractivity contribution < 1.29 is 34.2 Å². The molecule has 12 heteroatoms. The number of aromatic hydroxyl groups is 1. The molecule has 0 saturated heterocycles. The molecule has 40 heavy (non-hydrogen) atoms. The minimum absolute atomic E-state index is 0.00975. The second kappa shape index (κ2) is 15.2. The highest BCUT2D eigenvalue weighted by molar-refractivity contribution is 5.95. The monoisotopic (exact) mass is 555 g/mol. The van der Waals surface area contributed by atoms with Crippen LogP contribution in [0, 0.1) is 5.92 Å². The summed E-state index contributed by atoms with van der Waals surface area (Å²) in [6, 6.07) is 9.90. The second-order valence-electron chi connectivity index (χ2n) is 9.66. The van der Waals surface area contributed by atoms with Crippen LogP contribution in [0.5, 0.6) is 5.75 Å². The molecule has 12 nitrogen and oxygen atoms in total. The molecule has 0 aliphatic carbocycles. The van der Waals surface area contributed by atoms with Crippen LogP contribution in [-0.4, -0.2) is 64.0 Å². The van der Waals surface area contributed by atoms with Crippen LogP contribution in [0.2, 0.25) is 0 Å². The largest absolute Gasteiger partial charge is 0.508 e. The Morgan fingerprint density at radius 2 is 1.25 bits per heavy atom. The molecule has 0 aliphatic heterocycles. The number of amides is 4. The number of benzene rings is 2. The van der Waals surface area contributed by atoms with E-state index in [0.29, 0.717) is 12.0 Å². The van der Waals surface area contributed by atoms with Crippen molar-refractivity contribution in [3.05, 3.63) is 65.7 Å². The van der Waals surface area contributed by atoms with Gasteiger partial charge >= 0.3 is 5.97 Å².